The van der Waals surface area contributed by atoms with Crippen molar-refractivity contribution in [2.45, 2.75) is 0 Å². The van der Waals surface area contributed by atoms with Crippen molar-refractivity contribution in [3.8, 4) is 5.75 Å². The maximum absolute atomic E-state index is 13.2. The Morgan fingerprint density at radius 3 is 2.64 bits per heavy atom. The van der Waals surface area contributed by atoms with E-state index >= 15 is 0 Å². The van der Waals surface area contributed by atoms with Gasteiger partial charge < -0.3 is 4.74 Å². The zero-order valence-corrected chi connectivity index (χ0v) is 20.6. The van der Waals surface area contributed by atoms with Gasteiger partial charge in [0, 0.05) is 14.5 Å². The molecule has 0 radical (unpaired) electrons. The van der Waals surface area contributed by atoms with Crippen molar-refractivity contribution in [1.29, 1.82) is 0 Å². The molecule has 1 amide bonds. The predicted octanol–water partition coefficient (Wildman–Crippen LogP) is 6.46. The molecule has 1 saturated heterocycles. The number of thioether (sulfide) groups is 1. The molecule has 7 heteroatoms. The van der Waals surface area contributed by atoms with Crippen LogP contribution in [-0.2, 0) is 4.79 Å². The Kier molecular flexibility index (Phi) is 5.96. The van der Waals surface area contributed by atoms with Crippen molar-refractivity contribution in [1.82, 2.24) is 0 Å². The van der Waals surface area contributed by atoms with Crippen LogP contribution in [0.25, 0.3) is 16.8 Å². The Morgan fingerprint density at radius 1 is 1.11 bits per heavy atom. The van der Waals surface area contributed by atoms with Gasteiger partial charge in [0.05, 0.1) is 21.3 Å². The maximum Gasteiger partial charge on any atom is 0.270 e. The number of fused-ring (bicyclic) bond motifs is 1. The number of methoxy groups -OCH3 is 1. The number of rotatable bonds is 3. The van der Waals surface area contributed by atoms with Gasteiger partial charge in [-0.25, -0.2) is 0 Å². The molecule has 3 nitrogen and oxygen atoms in total. The van der Waals surface area contributed by atoms with Crippen LogP contribution in [-0.4, -0.2) is 17.3 Å². The minimum Gasteiger partial charge on any atom is -0.495 e. The minimum atomic E-state index is -0.109. The molecule has 4 rings (SSSR count). The highest BCUT2D eigenvalue weighted by molar-refractivity contribution is 14.1. The maximum atomic E-state index is 13.2. The fraction of sp³-hybridized carbons (Fsp3) is 0.0476. The lowest BCUT2D eigenvalue weighted by molar-refractivity contribution is -0.113. The molecule has 1 heterocycles. The Bertz CT molecular complexity index is 1160. The summed E-state index contributed by atoms with van der Waals surface area (Å²) in [7, 11) is 1.64. The number of halogens is 2. The number of hydrogen-bond acceptors (Lipinski definition) is 4. The van der Waals surface area contributed by atoms with Crippen LogP contribution < -0.4 is 9.64 Å². The van der Waals surface area contributed by atoms with E-state index in [9.17, 15) is 4.79 Å². The molecule has 0 aromatic heterocycles. The Labute approximate surface area is 199 Å². The van der Waals surface area contributed by atoms with E-state index < -0.39 is 0 Å². The van der Waals surface area contributed by atoms with Gasteiger partial charge >= 0.3 is 0 Å². The number of carbonyl (C=O) groups excluding carboxylic acids is 1. The van der Waals surface area contributed by atoms with Crippen molar-refractivity contribution >= 4 is 102 Å². The van der Waals surface area contributed by atoms with Crippen LogP contribution in [0.3, 0.4) is 0 Å². The lowest BCUT2D eigenvalue weighted by atomic mass is 10.1. The van der Waals surface area contributed by atoms with Crippen LogP contribution in [0.2, 0.25) is 0 Å². The van der Waals surface area contributed by atoms with Crippen LogP contribution in [0, 0.1) is 7.14 Å². The number of hydrogen-bond donors (Lipinski definition) is 0. The first kappa shape index (κ1) is 20.1. The molecule has 28 heavy (non-hydrogen) atoms. The molecule has 0 spiro atoms. The average Bonchev–Trinajstić information content (AvgIpc) is 2.94. The molecular weight excluding hydrogens is 616 g/mol. The fourth-order valence-electron chi connectivity index (χ4n) is 3.12. The number of carbonyl (C=O) groups is 1. The second kappa shape index (κ2) is 8.29. The molecule has 0 aliphatic carbocycles. The summed E-state index contributed by atoms with van der Waals surface area (Å²) in [5, 5.41) is 2.08. The van der Waals surface area contributed by atoms with Gasteiger partial charge in [0.15, 0.2) is 4.32 Å². The largest absolute Gasteiger partial charge is 0.495 e. The van der Waals surface area contributed by atoms with E-state index in [2.05, 4.69) is 45.2 Å². The van der Waals surface area contributed by atoms with Crippen LogP contribution in [0.5, 0.6) is 5.75 Å². The van der Waals surface area contributed by atoms with Crippen molar-refractivity contribution < 1.29 is 9.53 Å². The van der Waals surface area contributed by atoms with Gasteiger partial charge in [0.1, 0.15) is 5.75 Å². The zero-order chi connectivity index (χ0) is 19.8. The summed E-state index contributed by atoms with van der Waals surface area (Å²) >= 11 is 11.4. The molecule has 1 aliphatic rings. The highest BCUT2D eigenvalue weighted by Crippen LogP contribution is 2.40. The summed E-state index contributed by atoms with van der Waals surface area (Å²) in [6.45, 7) is 0. The van der Waals surface area contributed by atoms with Crippen molar-refractivity contribution in [3.63, 3.8) is 0 Å². The van der Waals surface area contributed by atoms with E-state index in [4.69, 9.17) is 17.0 Å². The first-order chi connectivity index (χ1) is 13.5. The number of ether oxygens (including phenoxy) is 1. The summed E-state index contributed by atoms with van der Waals surface area (Å²) in [5.74, 6) is 0.652. The number of thiocarbonyl (C=S) groups is 1. The first-order valence-corrected chi connectivity index (χ1v) is 11.7. The second-order valence-electron chi connectivity index (χ2n) is 6.03. The molecule has 0 atom stereocenters. The summed E-state index contributed by atoms with van der Waals surface area (Å²) < 4.78 is 8.17. The van der Waals surface area contributed by atoms with Gasteiger partial charge in [0.2, 0.25) is 0 Å². The summed E-state index contributed by atoms with van der Waals surface area (Å²) in [5.41, 5.74) is 1.69. The van der Waals surface area contributed by atoms with Gasteiger partial charge in [-0.2, -0.15) is 0 Å². The molecule has 3 aromatic rings. The van der Waals surface area contributed by atoms with Crippen molar-refractivity contribution in [2.24, 2.45) is 0 Å². The second-order valence-corrected chi connectivity index (χ2v) is 10.1. The molecule has 0 bridgehead atoms. The van der Waals surface area contributed by atoms with E-state index in [0.717, 1.165) is 34.9 Å². The minimum absolute atomic E-state index is 0.109. The number of benzene rings is 3. The predicted molar refractivity (Wildman–Crippen MR) is 138 cm³/mol. The van der Waals surface area contributed by atoms with E-state index in [0.29, 0.717) is 9.23 Å². The monoisotopic (exact) mass is 629 g/mol. The van der Waals surface area contributed by atoms with Crippen LogP contribution >= 0.6 is 69.2 Å². The topological polar surface area (TPSA) is 29.5 Å². The van der Waals surface area contributed by atoms with Gasteiger partial charge in [-0.1, -0.05) is 60.4 Å². The molecule has 1 aliphatic heterocycles. The van der Waals surface area contributed by atoms with E-state index in [1.807, 2.05) is 60.7 Å². The lowest BCUT2D eigenvalue weighted by Crippen LogP contribution is -2.27. The van der Waals surface area contributed by atoms with Crippen molar-refractivity contribution in [3.05, 3.63) is 72.2 Å². The van der Waals surface area contributed by atoms with Crippen LogP contribution in [0.1, 0.15) is 5.56 Å². The molecule has 3 aromatic carbocycles. The number of nitrogens with zero attached hydrogens (tertiary/aromatic N) is 1. The molecule has 140 valence electrons. The smallest absolute Gasteiger partial charge is 0.270 e. The number of amides is 1. The Hall–Kier alpha value is -1.17. The molecule has 0 N–H and O–H groups in total. The Morgan fingerprint density at radius 2 is 1.86 bits per heavy atom. The van der Waals surface area contributed by atoms with Gasteiger partial charge in [-0.05, 0) is 74.8 Å². The third-order valence-corrected chi connectivity index (χ3v) is 7.06. The highest BCUT2D eigenvalue weighted by Gasteiger charge is 2.34. The Balaban J connectivity index is 1.79. The highest BCUT2D eigenvalue weighted by atomic mass is 127. The number of anilines is 1. The summed E-state index contributed by atoms with van der Waals surface area (Å²) in [6, 6.07) is 18.0. The third kappa shape index (κ3) is 3.69. The molecule has 1 fully saturated rings. The van der Waals surface area contributed by atoms with Crippen LogP contribution in [0.15, 0.2) is 59.5 Å². The van der Waals surface area contributed by atoms with Crippen molar-refractivity contribution in [2.75, 3.05) is 12.0 Å². The first-order valence-electron chi connectivity index (χ1n) is 8.28. The van der Waals surface area contributed by atoms with E-state index in [1.165, 1.54) is 11.8 Å². The molecule has 0 unspecified atom stereocenters. The summed E-state index contributed by atoms with van der Waals surface area (Å²) in [4.78, 5) is 15.5. The lowest BCUT2D eigenvalue weighted by Gasteiger charge is -2.17. The molecule has 0 saturated carbocycles. The van der Waals surface area contributed by atoms with Gasteiger partial charge in [-0.15, -0.1) is 0 Å². The molecular formula is C21H13I2NO2S2. The standard InChI is InChI=1S/C21H13I2NO2S2/c1-26-19-13(9-14(22)11-16(19)23)10-18-20(25)24(21(27)28-18)17-8-4-6-12-5-2-3-7-15(12)17/h2-11H,1H3/b18-10-. The fourth-order valence-corrected chi connectivity index (χ4v) is 6.51. The average molecular weight is 629 g/mol. The third-order valence-electron chi connectivity index (χ3n) is 4.33. The normalized spacial score (nSPS) is 15.7. The van der Waals surface area contributed by atoms with E-state index in [1.54, 1.807) is 12.0 Å². The zero-order valence-electron chi connectivity index (χ0n) is 14.6. The van der Waals surface area contributed by atoms with Gasteiger partial charge in [-0.3, -0.25) is 9.69 Å². The van der Waals surface area contributed by atoms with E-state index in [-0.39, 0.29) is 5.91 Å². The van der Waals surface area contributed by atoms with Crippen LogP contribution in [0.4, 0.5) is 5.69 Å². The quantitative estimate of drug-likeness (QED) is 0.189. The summed E-state index contributed by atoms with van der Waals surface area (Å²) in [6.07, 6.45) is 1.87. The SMILES string of the molecule is COc1c(I)cc(I)cc1/C=C1\SC(=S)N(c2cccc3ccccc23)C1=O. The van der Waals surface area contributed by atoms with Gasteiger partial charge in [0.25, 0.3) is 5.91 Å².